The van der Waals surface area contributed by atoms with E-state index in [9.17, 15) is 8.78 Å². The summed E-state index contributed by atoms with van der Waals surface area (Å²) >= 11 is 5.46. The largest absolute Gasteiger partial charge is 0.273 e. The Morgan fingerprint density at radius 3 is 2.14 bits per heavy atom. The zero-order chi connectivity index (χ0) is 11.1. The third-order valence-electron chi connectivity index (χ3n) is 3.26. The first-order chi connectivity index (χ1) is 6.28. The predicted octanol–water partition coefficient (Wildman–Crippen LogP) is 4.30. The lowest BCUT2D eigenvalue weighted by Crippen LogP contribution is -1.96. The van der Waals surface area contributed by atoms with Gasteiger partial charge < -0.3 is 0 Å². The summed E-state index contributed by atoms with van der Waals surface area (Å²) in [6.45, 7) is 8.45. The molecule has 0 aromatic heterocycles. The van der Waals surface area contributed by atoms with Gasteiger partial charge in [-0.3, -0.25) is 0 Å². The first-order valence-electron chi connectivity index (χ1n) is 4.93. The van der Waals surface area contributed by atoms with Crippen LogP contribution in [-0.2, 0) is 0 Å². The van der Waals surface area contributed by atoms with Gasteiger partial charge >= 0.3 is 0 Å². The lowest BCUT2D eigenvalue weighted by molar-refractivity contribution is 0.198. The van der Waals surface area contributed by atoms with Crippen molar-refractivity contribution in [2.75, 3.05) is 0 Å². The molecule has 0 aromatic rings. The minimum Gasteiger partial charge on any atom is -0.204 e. The van der Waals surface area contributed by atoms with Crippen molar-refractivity contribution in [3.63, 3.8) is 0 Å². The van der Waals surface area contributed by atoms with Gasteiger partial charge in [-0.05, 0) is 23.2 Å². The first kappa shape index (κ1) is 12.0. The average molecular weight is 223 g/mol. The number of hydrogen-bond acceptors (Lipinski definition) is 0. The van der Waals surface area contributed by atoms with E-state index in [-0.39, 0.29) is 16.4 Å². The minimum atomic E-state index is -2.53. The van der Waals surface area contributed by atoms with Crippen LogP contribution in [0.3, 0.4) is 0 Å². The normalized spacial score (nSPS) is 31.4. The van der Waals surface area contributed by atoms with E-state index in [1.807, 2.05) is 0 Å². The van der Waals surface area contributed by atoms with E-state index < -0.39 is 6.43 Å². The van der Waals surface area contributed by atoms with Crippen LogP contribution < -0.4 is 0 Å². The van der Waals surface area contributed by atoms with Gasteiger partial charge in [0.05, 0.1) is 5.03 Å². The molecule has 0 aliphatic heterocycles. The molecule has 0 N–H and O–H groups in total. The second-order valence-electron chi connectivity index (χ2n) is 4.97. The summed E-state index contributed by atoms with van der Waals surface area (Å²) in [5.74, 6) is 1.22. The molecule has 2 atom stereocenters. The average Bonchev–Trinajstić information content (AvgIpc) is 2.52. The fraction of sp³-hybridized carbons (Fsp3) is 0.818. The molecular formula is C11H17ClF2. The van der Waals surface area contributed by atoms with Gasteiger partial charge in [-0.25, -0.2) is 8.78 Å². The molecule has 0 bridgehead atoms. The maximum Gasteiger partial charge on any atom is 0.273 e. The Bertz CT molecular complexity index is 244. The highest BCUT2D eigenvalue weighted by molar-refractivity contribution is 6.30. The van der Waals surface area contributed by atoms with Crippen molar-refractivity contribution in [1.29, 1.82) is 0 Å². The Morgan fingerprint density at radius 1 is 1.36 bits per heavy atom. The summed E-state index contributed by atoms with van der Waals surface area (Å²) in [6, 6.07) is 0. The highest BCUT2D eigenvalue weighted by Crippen LogP contribution is 2.62. The van der Waals surface area contributed by atoms with Gasteiger partial charge in [-0.15, -0.1) is 0 Å². The number of rotatable bonds is 3. The van der Waals surface area contributed by atoms with Gasteiger partial charge in [0.2, 0.25) is 0 Å². The van der Waals surface area contributed by atoms with Gasteiger partial charge in [-0.1, -0.05) is 45.4 Å². The van der Waals surface area contributed by atoms with Crippen LogP contribution in [0, 0.1) is 23.2 Å². The second kappa shape index (κ2) is 3.80. The zero-order valence-corrected chi connectivity index (χ0v) is 9.78. The molecule has 1 rings (SSSR count). The molecule has 0 saturated heterocycles. The molecule has 0 aromatic carbocycles. The fourth-order valence-corrected chi connectivity index (χ4v) is 2.69. The van der Waals surface area contributed by atoms with Crippen LogP contribution in [0.2, 0.25) is 0 Å². The molecule has 82 valence electrons. The van der Waals surface area contributed by atoms with E-state index in [1.54, 1.807) is 0 Å². The molecule has 1 aliphatic rings. The molecule has 0 nitrogen and oxygen atoms in total. The molecule has 0 heterocycles. The van der Waals surface area contributed by atoms with Crippen molar-refractivity contribution in [3.05, 3.63) is 11.1 Å². The van der Waals surface area contributed by atoms with E-state index in [0.29, 0.717) is 11.8 Å². The summed E-state index contributed by atoms with van der Waals surface area (Å²) in [7, 11) is 0. The minimum absolute atomic E-state index is 0.128. The van der Waals surface area contributed by atoms with Crippen molar-refractivity contribution < 1.29 is 8.78 Å². The van der Waals surface area contributed by atoms with Crippen LogP contribution in [0.25, 0.3) is 0 Å². The summed E-state index contributed by atoms with van der Waals surface area (Å²) in [4.78, 5) is 0. The lowest BCUT2D eigenvalue weighted by Gasteiger charge is -2.04. The molecule has 0 amide bonds. The van der Waals surface area contributed by atoms with Crippen LogP contribution in [0.4, 0.5) is 8.78 Å². The number of hydrogen-bond donors (Lipinski definition) is 0. The standard InChI is InChI=1S/C11H17ClF2/c1-6(2)9-7(11(9,3)4)5-8(12)10(13)14/h5-7,9-10H,1-4H3/b8-5+. The van der Waals surface area contributed by atoms with Crippen molar-refractivity contribution in [2.24, 2.45) is 23.2 Å². The maximum absolute atomic E-state index is 12.2. The number of allylic oxidation sites excluding steroid dienone is 2. The molecule has 1 fully saturated rings. The van der Waals surface area contributed by atoms with E-state index in [0.717, 1.165) is 0 Å². The molecule has 3 heteroatoms. The van der Waals surface area contributed by atoms with Crippen LogP contribution in [-0.4, -0.2) is 6.43 Å². The predicted molar refractivity (Wildman–Crippen MR) is 55.5 cm³/mol. The Hall–Kier alpha value is -0.110. The summed E-state index contributed by atoms with van der Waals surface area (Å²) in [5, 5.41) is -0.300. The van der Waals surface area contributed by atoms with Crippen molar-refractivity contribution in [2.45, 2.75) is 34.1 Å². The van der Waals surface area contributed by atoms with Crippen LogP contribution in [0.1, 0.15) is 27.7 Å². The Morgan fingerprint density at radius 2 is 1.86 bits per heavy atom. The van der Waals surface area contributed by atoms with E-state index in [1.165, 1.54) is 6.08 Å². The van der Waals surface area contributed by atoms with E-state index >= 15 is 0 Å². The van der Waals surface area contributed by atoms with E-state index in [2.05, 4.69) is 27.7 Å². The number of halogens is 3. The Labute approximate surface area is 89.3 Å². The van der Waals surface area contributed by atoms with Gasteiger partial charge in [-0.2, -0.15) is 0 Å². The fourth-order valence-electron chi connectivity index (χ4n) is 2.55. The first-order valence-corrected chi connectivity index (χ1v) is 5.31. The summed E-state index contributed by atoms with van der Waals surface area (Å²) in [5.41, 5.74) is 0.128. The molecule has 1 aliphatic carbocycles. The third kappa shape index (κ3) is 2.10. The molecule has 1 saturated carbocycles. The monoisotopic (exact) mass is 222 g/mol. The van der Waals surface area contributed by atoms with Gasteiger partial charge in [0.15, 0.2) is 0 Å². The molecular weight excluding hydrogens is 206 g/mol. The summed E-state index contributed by atoms with van der Waals surface area (Å²) in [6.07, 6.45) is -0.988. The molecule has 14 heavy (non-hydrogen) atoms. The highest BCUT2D eigenvalue weighted by Gasteiger charge is 2.57. The smallest absolute Gasteiger partial charge is 0.204 e. The van der Waals surface area contributed by atoms with Crippen LogP contribution in [0.5, 0.6) is 0 Å². The van der Waals surface area contributed by atoms with E-state index in [4.69, 9.17) is 11.6 Å². The second-order valence-corrected chi connectivity index (χ2v) is 5.41. The molecule has 0 radical (unpaired) electrons. The van der Waals surface area contributed by atoms with Crippen molar-refractivity contribution >= 4 is 11.6 Å². The quantitative estimate of drug-likeness (QED) is 0.668. The van der Waals surface area contributed by atoms with Gasteiger partial charge in [0.25, 0.3) is 6.43 Å². The van der Waals surface area contributed by atoms with Crippen LogP contribution in [0.15, 0.2) is 11.1 Å². The molecule has 2 unspecified atom stereocenters. The maximum atomic E-state index is 12.2. The Kier molecular flexibility index (Phi) is 3.25. The van der Waals surface area contributed by atoms with Crippen molar-refractivity contribution in [1.82, 2.24) is 0 Å². The SMILES string of the molecule is CC(C)C1C(/C=C(/Cl)C(F)F)C1(C)C. The highest BCUT2D eigenvalue weighted by atomic mass is 35.5. The van der Waals surface area contributed by atoms with Gasteiger partial charge in [0, 0.05) is 0 Å². The van der Waals surface area contributed by atoms with Gasteiger partial charge in [0.1, 0.15) is 0 Å². The zero-order valence-electron chi connectivity index (χ0n) is 9.02. The van der Waals surface area contributed by atoms with Crippen molar-refractivity contribution in [3.8, 4) is 0 Å². The Balaban J connectivity index is 2.70. The molecule has 0 spiro atoms. The number of alkyl halides is 2. The topological polar surface area (TPSA) is 0 Å². The lowest BCUT2D eigenvalue weighted by atomic mass is 10.0. The summed E-state index contributed by atoms with van der Waals surface area (Å²) < 4.78 is 24.4. The van der Waals surface area contributed by atoms with Crippen LogP contribution >= 0.6 is 11.6 Å². The third-order valence-corrected chi connectivity index (χ3v) is 3.55.